The van der Waals surface area contributed by atoms with Crippen LogP contribution in [0.15, 0.2) is 4.99 Å². The molecule has 0 aliphatic carbocycles. The maximum absolute atomic E-state index is 5.38. The lowest BCUT2D eigenvalue weighted by Crippen LogP contribution is -2.45. The molecular formula is C16H31N7O. The van der Waals surface area contributed by atoms with E-state index in [9.17, 15) is 0 Å². The number of aryl methyl sites for hydroxylation is 1. The van der Waals surface area contributed by atoms with Gasteiger partial charge in [0, 0.05) is 39.8 Å². The van der Waals surface area contributed by atoms with E-state index in [-0.39, 0.29) is 0 Å². The molecule has 0 amide bonds. The van der Waals surface area contributed by atoms with E-state index in [1.807, 2.05) is 18.5 Å². The van der Waals surface area contributed by atoms with Gasteiger partial charge in [0.2, 0.25) is 0 Å². The molecule has 2 heterocycles. The van der Waals surface area contributed by atoms with Crippen molar-refractivity contribution >= 4 is 5.96 Å². The van der Waals surface area contributed by atoms with E-state index in [1.165, 1.54) is 0 Å². The maximum atomic E-state index is 5.38. The second kappa shape index (κ2) is 9.58. The molecule has 0 bridgehead atoms. The summed E-state index contributed by atoms with van der Waals surface area (Å²) in [5, 5.41) is 15.1. The van der Waals surface area contributed by atoms with E-state index >= 15 is 0 Å². The zero-order chi connectivity index (χ0) is 17.4. The van der Waals surface area contributed by atoms with Gasteiger partial charge in [0.15, 0.2) is 11.8 Å². The number of aliphatic imine (C=N–C) groups is 1. The largest absolute Gasteiger partial charge is 0.379 e. The molecule has 1 fully saturated rings. The number of aromatic nitrogens is 3. The molecule has 0 saturated carbocycles. The molecule has 0 unspecified atom stereocenters. The van der Waals surface area contributed by atoms with Gasteiger partial charge in [-0.25, -0.2) is 4.99 Å². The molecule has 1 aromatic heterocycles. The lowest BCUT2D eigenvalue weighted by molar-refractivity contribution is 0.0389. The lowest BCUT2D eigenvalue weighted by Gasteiger charge is -2.26. The van der Waals surface area contributed by atoms with Crippen LogP contribution in [0.1, 0.15) is 25.5 Å². The average Bonchev–Trinajstić information content (AvgIpc) is 2.89. The molecule has 136 valence electrons. The Kier molecular flexibility index (Phi) is 7.45. The van der Waals surface area contributed by atoms with Crippen LogP contribution in [-0.4, -0.2) is 71.6 Å². The number of nitrogens with zero attached hydrogens (tertiary/aromatic N) is 5. The van der Waals surface area contributed by atoms with Gasteiger partial charge in [0.05, 0.1) is 13.2 Å². The van der Waals surface area contributed by atoms with Crippen LogP contribution in [0.2, 0.25) is 0 Å². The summed E-state index contributed by atoms with van der Waals surface area (Å²) in [5.41, 5.74) is 0. The third kappa shape index (κ3) is 6.09. The topological polar surface area (TPSA) is 79.6 Å². The highest BCUT2D eigenvalue weighted by Gasteiger charge is 2.10. The first-order chi connectivity index (χ1) is 11.6. The number of hydrogen-bond donors (Lipinski definition) is 2. The van der Waals surface area contributed by atoms with Crippen molar-refractivity contribution in [2.75, 3.05) is 45.9 Å². The molecule has 1 aromatic rings. The van der Waals surface area contributed by atoms with Crippen LogP contribution in [-0.2, 0) is 18.3 Å². The Balaban J connectivity index is 1.85. The van der Waals surface area contributed by atoms with Crippen molar-refractivity contribution < 1.29 is 4.74 Å². The van der Waals surface area contributed by atoms with Crippen molar-refractivity contribution in [2.24, 2.45) is 18.0 Å². The molecule has 0 atom stereocenters. The first-order valence-corrected chi connectivity index (χ1v) is 8.73. The highest BCUT2D eigenvalue weighted by molar-refractivity contribution is 5.79. The van der Waals surface area contributed by atoms with Crippen molar-refractivity contribution in [3.63, 3.8) is 0 Å². The minimum atomic E-state index is 0.516. The molecular weight excluding hydrogens is 306 g/mol. The molecule has 8 heteroatoms. The van der Waals surface area contributed by atoms with Crippen LogP contribution >= 0.6 is 0 Å². The molecule has 8 nitrogen and oxygen atoms in total. The monoisotopic (exact) mass is 337 g/mol. The first kappa shape index (κ1) is 18.7. The summed E-state index contributed by atoms with van der Waals surface area (Å²) in [6, 6.07) is 0. The van der Waals surface area contributed by atoms with Crippen molar-refractivity contribution in [2.45, 2.75) is 27.3 Å². The van der Waals surface area contributed by atoms with Crippen molar-refractivity contribution in [3.8, 4) is 0 Å². The van der Waals surface area contributed by atoms with Gasteiger partial charge in [-0.2, -0.15) is 0 Å². The van der Waals surface area contributed by atoms with Gasteiger partial charge in [-0.1, -0.05) is 13.8 Å². The van der Waals surface area contributed by atoms with Gasteiger partial charge < -0.3 is 19.9 Å². The fraction of sp³-hybridized carbons (Fsp3) is 0.812. The zero-order valence-electron chi connectivity index (χ0n) is 15.4. The fourth-order valence-electron chi connectivity index (χ4n) is 2.37. The Labute approximate surface area is 144 Å². The molecule has 1 aliphatic rings. The molecule has 0 radical (unpaired) electrons. The van der Waals surface area contributed by atoms with E-state index < -0.39 is 0 Å². The summed E-state index contributed by atoms with van der Waals surface area (Å²) < 4.78 is 7.35. The summed E-state index contributed by atoms with van der Waals surface area (Å²) in [5.74, 6) is 3.16. The first-order valence-electron chi connectivity index (χ1n) is 8.73. The highest BCUT2D eigenvalue weighted by Crippen LogP contribution is 1.99. The predicted octanol–water partition coefficient (Wildman–Crippen LogP) is 0.147. The normalized spacial score (nSPS) is 16.6. The fourth-order valence-corrected chi connectivity index (χ4v) is 2.37. The van der Waals surface area contributed by atoms with E-state index in [0.29, 0.717) is 12.5 Å². The summed E-state index contributed by atoms with van der Waals surface area (Å²) in [7, 11) is 1.97. The smallest absolute Gasteiger partial charge is 0.191 e. The molecule has 2 N–H and O–H groups in total. The quantitative estimate of drug-likeness (QED) is 0.544. The molecule has 1 aliphatic heterocycles. The zero-order valence-corrected chi connectivity index (χ0v) is 15.4. The number of rotatable bonds is 7. The van der Waals surface area contributed by atoms with E-state index in [4.69, 9.17) is 4.74 Å². The van der Waals surface area contributed by atoms with E-state index in [0.717, 1.165) is 63.5 Å². The van der Waals surface area contributed by atoms with E-state index in [1.54, 1.807) is 0 Å². The highest BCUT2D eigenvalue weighted by atomic mass is 16.5. The predicted molar refractivity (Wildman–Crippen MR) is 95.0 cm³/mol. The Morgan fingerprint density at radius 2 is 2.00 bits per heavy atom. The summed E-state index contributed by atoms with van der Waals surface area (Å²) in [4.78, 5) is 7.06. The Bertz CT molecular complexity index is 520. The molecule has 0 spiro atoms. The summed E-state index contributed by atoms with van der Waals surface area (Å²) in [6.45, 7) is 13.3. The van der Waals surface area contributed by atoms with Crippen LogP contribution in [0.3, 0.4) is 0 Å². The van der Waals surface area contributed by atoms with E-state index in [2.05, 4.69) is 44.6 Å². The molecule has 2 rings (SSSR count). The number of nitrogens with one attached hydrogen (secondary N) is 2. The number of morpholine rings is 1. The average molecular weight is 337 g/mol. The molecule has 0 aromatic carbocycles. The van der Waals surface area contributed by atoms with Crippen molar-refractivity contribution in [1.82, 2.24) is 30.3 Å². The van der Waals surface area contributed by atoms with Gasteiger partial charge in [0.1, 0.15) is 12.4 Å². The van der Waals surface area contributed by atoms with Crippen LogP contribution in [0.4, 0.5) is 0 Å². The summed E-state index contributed by atoms with van der Waals surface area (Å²) >= 11 is 0. The van der Waals surface area contributed by atoms with Gasteiger partial charge >= 0.3 is 0 Å². The minimum absolute atomic E-state index is 0.516. The third-order valence-corrected chi connectivity index (χ3v) is 4.06. The lowest BCUT2D eigenvalue weighted by atomic mass is 10.2. The van der Waals surface area contributed by atoms with Gasteiger partial charge in [0.25, 0.3) is 0 Å². The van der Waals surface area contributed by atoms with Gasteiger partial charge in [-0.3, -0.25) is 4.90 Å². The Morgan fingerprint density at radius 1 is 1.25 bits per heavy atom. The van der Waals surface area contributed by atoms with Crippen LogP contribution in [0.25, 0.3) is 0 Å². The van der Waals surface area contributed by atoms with Crippen LogP contribution in [0, 0.1) is 12.8 Å². The Morgan fingerprint density at radius 3 is 2.62 bits per heavy atom. The minimum Gasteiger partial charge on any atom is -0.379 e. The number of ether oxygens (including phenoxy) is 1. The molecule has 24 heavy (non-hydrogen) atoms. The number of guanidine groups is 1. The van der Waals surface area contributed by atoms with Crippen LogP contribution < -0.4 is 10.6 Å². The Hall–Kier alpha value is -1.67. The van der Waals surface area contributed by atoms with Crippen molar-refractivity contribution in [3.05, 3.63) is 11.6 Å². The maximum Gasteiger partial charge on any atom is 0.191 e. The molecule has 1 saturated heterocycles. The third-order valence-electron chi connectivity index (χ3n) is 4.06. The second-order valence-electron chi connectivity index (χ2n) is 6.54. The standard InChI is InChI=1S/C16H31N7O/c1-13(2)11-18-16(17-5-6-23-7-9-24-10-8-23)19-12-15-21-20-14(3)22(15)4/h13H,5-12H2,1-4H3,(H2,17,18,19). The van der Waals surface area contributed by atoms with Crippen LogP contribution in [0.5, 0.6) is 0 Å². The second-order valence-corrected chi connectivity index (χ2v) is 6.54. The number of hydrogen-bond acceptors (Lipinski definition) is 5. The summed E-state index contributed by atoms with van der Waals surface area (Å²) in [6.07, 6.45) is 0. The van der Waals surface area contributed by atoms with Gasteiger partial charge in [-0.15, -0.1) is 10.2 Å². The SMILES string of the molecule is Cc1nnc(CN=C(NCCN2CCOCC2)NCC(C)C)n1C. The van der Waals surface area contributed by atoms with Crippen molar-refractivity contribution in [1.29, 1.82) is 0 Å². The van der Waals surface area contributed by atoms with Gasteiger partial charge in [-0.05, 0) is 12.8 Å².